The molecule has 2 aromatic heterocycles. The van der Waals surface area contributed by atoms with Gasteiger partial charge in [0.2, 0.25) is 11.5 Å². The lowest BCUT2D eigenvalue weighted by atomic mass is 10.2. The molecule has 2 heterocycles. The van der Waals surface area contributed by atoms with E-state index >= 15 is 0 Å². The number of halogens is 2. The number of likely N-dealkylation sites (N-methyl/N-ethyl adjacent to an activating group) is 1. The van der Waals surface area contributed by atoms with E-state index in [0.717, 1.165) is 35.9 Å². The van der Waals surface area contributed by atoms with E-state index in [1.54, 1.807) is 0 Å². The van der Waals surface area contributed by atoms with E-state index in [0.29, 0.717) is 15.8 Å². The van der Waals surface area contributed by atoms with Gasteiger partial charge in [0.15, 0.2) is 0 Å². The molecular weight excluding hydrogens is 460 g/mol. The van der Waals surface area contributed by atoms with Crippen molar-refractivity contribution in [2.24, 2.45) is 17.3 Å². The maximum Gasteiger partial charge on any atom is 0.243 e. The SMILES string of the molecule is CCN(CCn1cc[n+](C)c1)c1ccc(N=Nc2nc(C)c(C)s2)c(Cl)c1.[Br-]. The van der Waals surface area contributed by atoms with Gasteiger partial charge in [0.25, 0.3) is 0 Å². The van der Waals surface area contributed by atoms with E-state index in [4.69, 9.17) is 11.6 Å². The van der Waals surface area contributed by atoms with Crippen LogP contribution in [0, 0.1) is 13.8 Å². The first-order valence-corrected chi connectivity index (χ1v) is 10.1. The van der Waals surface area contributed by atoms with Crippen LogP contribution in [-0.4, -0.2) is 22.6 Å². The molecule has 0 fully saturated rings. The molecule has 6 nitrogen and oxygen atoms in total. The van der Waals surface area contributed by atoms with E-state index in [-0.39, 0.29) is 17.0 Å². The maximum absolute atomic E-state index is 6.45. The Hall–Kier alpha value is -1.77. The van der Waals surface area contributed by atoms with Gasteiger partial charge >= 0.3 is 0 Å². The van der Waals surface area contributed by atoms with Crippen LogP contribution in [0.5, 0.6) is 0 Å². The third kappa shape index (κ3) is 5.62. The van der Waals surface area contributed by atoms with Gasteiger partial charge in [0.1, 0.15) is 24.6 Å². The Morgan fingerprint density at radius 1 is 1.29 bits per heavy atom. The van der Waals surface area contributed by atoms with Crippen molar-refractivity contribution < 1.29 is 21.5 Å². The summed E-state index contributed by atoms with van der Waals surface area (Å²) in [6.07, 6.45) is 6.19. The lowest BCUT2D eigenvalue weighted by molar-refractivity contribution is -0.671. The number of aryl methyl sites for hydroxylation is 3. The van der Waals surface area contributed by atoms with Crippen molar-refractivity contribution in [3.05, 3.63) is 52.5 Å². The highest BCUT2D eigenvalue weighted by Crippen LogP contribution is 2.32. The summed E-state index contributed by atoms with van der Waals surface area (Å²) in [7, 11) is 2.02. The summed E-state index contributed by atoms with van der Waals surface area (Å²) in [5, 5.41) is 9.73. The number of rotatable bonds is 7. The predicted molar refractivity (Wildman–Crippen MR) is 111 cm³/mol. The van der Waals surface area contributed by atoms with Crippen molar-refractivity contribution in [1.82, 2.24) is 9.55 Å². The highest BCUT2D eigenvalue weighted by atomic mass is 79.9. The largest absolute Gasteiger partial charge is 1.00 e. The van der Waals surface area contributed by atoms with Crippen molar-refractivity contribution in [2.75, 3.05) is 18.0 Å². The van der Waals surface area contributed by atoms with Gasteiger partial charge in [0, 0.05) is 17.1 Å². The molecule has 1 aromatic carbocycles. The second-order valence-corrected chi connectivity index (χ2v) is 7.96. The molecule has 0 saturated carbocycles. The molecule has 9 heteroatoms. The zero-order valence-electron chi connectivity index (χ0n) is 16.4. The van der Waals surface area contributed by atoms with Gasteiger partial charge in [-0.05, 0) is 39.0 Å². The number of thiazole rings is 1. The number of imidazole rings is 1. The summed E-state index contributed by atoms with van der Waals surface area (Å²) >= 11 is 7.98. The van der Waals surface area contributed by atoms with Gasteiger partial charge in [-0.15, -0.1) is 10.2 Å². The standard InChI is InChI=1S/C19H24ClN6S.BrH/c1-5-26(11-10-25-9-8-24(4)13-25)16-6-7-18(17(20)12-16)22-23-19-21-14(2)15(3)27-19;/h6-9,12-13H,5,10-11H2,1-4H3;1H/q+1;/p-1. The molecule has 150 valence electrons. The van der Waals surface area contributed by atoms with Crippen LogP contribution in [0.25, 0.3) is 0 Å². The maximum atomic E-state index is 6.45. The third-order valence-electron chi connectivity index (χ3n) is 4.39. The number of hydrogen-bond donors (Lipinski definition) is 0. The molecule has 0 atom stereocenters. The average molecular weight is 484 g/mol. The van der Waals surface area contributed by atoms with Crippen LogP contribution in [0.4, 0.5) is 16.5 Å². The first kappa shape index (κ1) is 22.5. The van der Waals surface area contributed by atoms with Crippen molar-refractivity contribution in [3.63, 3.8) is 0 Å². The highest BCUT2D eigenvalue weighted by molar-refractivity contribution is 7.15. The molecule has 0 aliphatic rings. The fraction of sp³-hybridized carbons (Fsp3) is 0.368. The molecule has 0 radical (unpaired) electrons. The number of anilines is 1. The van der Waals surface area contributed by atoms with Crippen LogP contribution in [0.2, 0.25) is 5.02 Å². The molecule has 28 heavy (non-hydrogen) atoms. The van der Waals surface area contributed by atoms with Gasteiger partial charge in [-0.2, -0.15) is 0 Å². The lowest BCUT2D eigenvalue weighted by Crippen LogP contribution is -3.00. The Morgan fingerprint density at radius 2 is 2.07 bits per heavy atom. The Kier molecular flexibility index (Phi) is 8.15. The fourth-order valence-corrected chi connectivity index (χ4v) is 3.65. The summed E-state index contributed by atoms with van der Waals surface area (Å²) in [6, 6.07) is 5.90. The Bertz CT molecular complexity index is 932. The van der Waals surface area contributed by atoms with E-state index < -0.39 is 0 Å². The van der Waals surface area contributed by atoms with Crippen molar-refractivity contribution in [2.45, 2.75) is 27.3 Å². The smallest absolute Gasteiger partial charge is 0.243 e. The second kappa shape index (κ2) is 10.1. The van der Waals surface area contributed by atoms with Crippen LogP contribution in [-0.2, 0) is 13.6 Å². The Balaban J connectivity index is 0.00000280. The van der Waals surface area contributed by atoms with Crippen molar-refractivity contribution in [3.8, 4) is 0 Å². The van der Waals surface area contributed by atoms with Crippen LogP contribution in [0.1, 0.15) is 17.5 Å². The number of azo groups is 1. The minimum absolute atomic E-state index is 0. The highest BCUT2D eigenvalue weighted by Gasteiger charge is 2.10. The Labute approximate surface area is 185 Å². The number of nitrogens with zero attached hydrogens (tertiary/aromatic N) is 6. The summed E-state index contributed by atoms with van der Waals surface area (Å²) in [4.78, 5) is 7.82. The summed E-state index contributed by atoms with van der Waals surface area (Å²) in [6.45, 7) is 8.86. The number of benzene rings is 1. The van der Waals surface area contributed by atoms with Gasteiger partial charge in [-0.25, -0.2) is 14.1 Å². The van der Waals surface area contributed by atoms with E-state index in [1.165, 1.54) is 11.3 Å². The number of aromatic nitrogens is 3. The fourth-order valence-electron chi connectivity index (χ4n) is 2.71. The quantitative estimate of drug-likeness (QED) is 0.381. The van der Waals surface area contributed by atoms with Gasteiger partial charge in [-0.3, -0.25) is 0 Å². The molecule has 3 aromatic rings. The summed E-state index contributed by atoms with van der Waals surface area (Å²) < 4.78 is 4.21. The van der Waals surface area contributed by atoms with E-state index in [9.17, 15) is 0 Å². The van der Waals surface area contributed by atoms with Crippen molar-refractivity contribution >= 4 is 39.4 Å². The minimum Gasteiger partial charge on any atom is -1.00 e. The molecule has 0 aliphatic heterocycles. The van der Waals surface area contributed by atoms with E-state index in [1.807, 2.05) is 49.9 Å². The topological polar surface area (TPSA) is 49.7 Å². The second-order valence-electron chi connectivity index (χ2n) is 6.37. The van der Waals surface area contributed by atoms with E-state index in [2.05, 4.69) is 44.1 Å². The molecule has 3 rings (SSSR count). The first-order valence-electron chi connectivity index (χ1n) is 8.87. The summed E-state index contributed by atoms with van der Waals surface area (Å²) in [5.74, 6) is 0. The molecule has 0 aliphatic carbocycles. The molecule has 0 saturated heterocycles. The lowest BCUT2D eigenvalue weighted by Gasteiger charge is -2.22. The van der Waals surface area contributed by atoms with Gasteiger partial charge < -0.3 is 21.9 Å². The average Bonchev–Trinajstić information content (AvgIpc) is 3.20. The molecule has 0 spiro atoms. The van der Waals surface area contributed by atoms with Gasteiger partial charge in [0.05, 0.1) is 24.3 Å². The monoisotopic (exact) mass is 482 g/mol. The van der Waals surface area contributed by atoms with Crippen LogP contribution in [0.3, 0.4) is 0 Å². The zero-order chi connectivity index (χ0) is 19.4. The molecule has 0 N–H and O–H groups in total. The molecule has 0 unspecified atom stereocenters. The molecule has 0 bridgehead atoms. The van der Waals surface area contributed by atoms with Crippen LogP contribution < -0.4 is 26.4 Å². The normalized spacial score (nSPS) is 11.0. The first-order chi connectivity index (χ1) is 13.0. The number of hydrogen-bond acceptors (Lipinski definition) is 5. The minimum atomic E-state index is 0. The van der Waals surface area contributed by atoms with Crippen LogP contribution in [0.15, 0.2) is 47.1 Å². The molecule has 0 amide bonds. The van der Waals surface area contributed by atoms with Crippen molar-refractivity contribution in [1.29, 1.82) is 0 Å². The Morgan fingerprint density at radius 3 is 2.64 bits per heavy atom. The predicted octanol–water partition coefficient (Wildman–Crippen LogP) is 1.99. The zero-order valence-corrected chi connectivity index (χ0v) is 19.6. The van der Waals surface area contributed by atoms with Gasteiger partial charge in [-0.1, -0.05) is 22.9 Å². The third-order valence-corrected chi connectivity index (χ3v) is 5.65. The summed E-state index contributed by atoms with van der Waals surface area (Å²) in [5.41, 5.74) is 2.73. The molecular formula is C19H24BrClN6S. The van der Waals surface area contributed by atoms with Crippen LogP contribution >= 0.6 is 22.9 Å².